The van der Waals surface area contributed by atoms with Gasteiger partial charge in [0.05, 0.1) is 12.0 Å². The monoisotopic (exact) mass is 378 g/mol. The lowest BCUT2D eigenvalue weighted by molar-refractivity contribution is 0.0689. The van der Waals surface area contributed by atoms with Gasteiger partial charge in [0, 0.05) is 18.7 Å². The molecule has 1 unspecified atom stereocenters. The summed E-state index contributed by atoms with van der Waals surface area (Å²) in [4.78, 5) is 15.7. The fourth-order valence-electron chi connectivity index (χ4n) is 2.33. The molecule has 0 fully saturated rings. The van der Waals surface area contributed by atoms with Crippen LogP contribution in [-0.4, -0.2) is 44.8 Å². The molecule has 0 amide bonds. The molecule has 1 aromatic carbocycles. The van der Waals surface area contributed by atoms with E-state index in [2.05, 4.69) is 4.98 Å². The number of benzene rings is 1. The van der Waals surface area contributed by atoms with Crippen molar-refractivity contribution in [1.29, 1.82) is 0 Å². The molecule has 0 aliphatic carbocycles. The highest BCUT2D eigenvalue weighted by Crippen LogP contribution is 2.24. The van der Waals surface area contributed by atoms with Crippen LogP contribution in [0.25, 0.3) is 0 Å². The van der Waals surface area contributed by atoms with Crippen LogP contribution in [-0.2, 0) is 17.5 Å². The molecule has 140 valence electrons. The van der Waals surface area contributed by atoms with E-state index >= 15 is 0 Å². The Balaban J connectivity index is 0.00000117. The largest absolute Gasteiger partial charge is 0.497 e. The Labute approximate surface area is 155 Å². The van der Waals surface area contributed by atoms with Crippen LogP contribution >= 0.6 is 0 Å². The minimum Gasteiger partial charge on any atom is -0.497 e. The van der Waals surface area contributed by atoms with Gasteiger partial charge in [0.2, 0.25) is 5.88 Å². The first-order valence-electron chi connectivity index (χ1n) is 8.25. The highest BCUT2D eigenvalue weighted by Gasteiger charge is 2.23. The first kappa shape index (κ1) is 19.9. The van der Waals surface area contributed by atoms with Crippen molar-refractivity contribution in [3.05, 3.63) is 47.7 Å². The minimum atomic E-state index is -1.36. The van der Waals surface area contributed by atoms with Gasteiger partial charge in [-0.2, -0.15) is 0 Å². The number of fused-ring (bicyclic) bond motifs is 1. The SMILES string of the molecule is CC.COc1ccc(S(=O)N2CCOc3nc(C(=O)O)ccc3C2)cc1. The fourth-order valence-corrected chi connectivity index (χ4v) is 3.49. The number of methoxy groups -OCH3 is 1. The standard InChI is InChI=1S/C16H16N2O5S.C2H6/c1-22-12-3-5-13(6-4-12)24(21)18-8-9-23-15-11(10-18)2-7-14(17-15)16(19)20;1-2/h2-7H,8-10H2,1H3,(H,19,20);1-2H3. The van der Waals surface area contributed by atoms with Gasteiger partial charge in [-0.3, -0.25) is 0 Å². The summed E-state index contributed by atoms with van der Waals surface area (Å²) in [6, 6.07) is 10.1. The topological polar surface area (TPSA) is 89.0 Å². The lowest BCUT2D eigenvalue weighted by Crippen LogP contribution is -2.28. The second-order valence-corrected chi connectivity index (χ2v) is 6.59. The van der Waals surface area contributed by atoms with Crippen molar-refractivity contribution >= 4 is 17.0 Å². The van der Waals surface area contributed by atoms with E-state index in [1.165, 1.54) is 6.07 Å². The molecule has 8 heteroatoms. The van der Waals surface area contributed by atoms with Crippen LogP contribution in [0.3, 0.4) is 0 Å². The zero-order valence-corrected chi connectivity index (χ0v) is 15.8. The van der Waals surface area contributed by atoms with Gasteiger partial charge < -0.3 is 14.6 Å². The Morgan fingerprint density at radius 3 is 2.54 bits per heavy atom. The fraction of sp³-hybridized carbons (Fsp3) is 0.333. The number of carbonyl (C=O) groups is 1. The third-order valence-electron chi connectivity index (χ3n) is 3.58. The van der Waals surface area contributed by atoms with Crippen LogP contribution in [0.4, 0.5) is 0 Å². The molecule has 0 saturated carbocycles. The number of nitrogens with zero attached hydrogens (tertiary/aromatic N) is 2. The molecule has 26 heavy (non-hydrogen) atoms. The highest BCUT2D eigenvalue weighted by atomic mass is 32.2. The Kier molecular flexibility index (Phi) is 7.11. The summed E-state index contributed by atoms with van der Waals surface area (Å²) in [7, 11) is 0.218. The van der Waals surface area contributed by atoms with E-state index < -0.39 is 17.0 Å². The number of hydrogen-bond donors (Lipinski definition) is 1. The maximum absolute atomic E-state index is 12.8. The predicted octanol–water partition coefficient (Wildman–Crippen LogP) is 2.73. The van der Waals surface area contributed by atoms with Crippen molar-refractivity contribution < 1.29 is 23.6 Å². The average Bonchev–Trinajstić information content (AvgIpc) is 2.90. The summed E-state index contributed by atoms with van der Waals surface area (Å²) in [5.41, 5.74) is 0.637. The minimum absolute atomic E-state index is 0.0709. The van der Waals surface area contributed by atoms with Crippen molar-refractivity contribution in [2.24, 2.45) is 0 Å². The molecule has 0 radical (unpaired) electrons. The van der Waals surface area contributed by atoms with Gasteiger partial charge in [-0.15, -0.1) is 0 Å². The Morgan fingerprint density at radius 2 is 1.92 bits per heavy atom. The van der Waals surface area contributed by atoms with Crippen LogP contribution in [0.15, 0.2) is 41.3 Å². The molecular weight excluding hydrogens is 356 g/mol. The van der Waals surface area contributed by atoms with Gasteiger partial charge in [0.25, 0.3) is 0 Å². The normalized spacial score (nSPS) is 14.7. The van der Waals surface area contributed by atoms with Crippen LogP contribution in [0, 0.1) is 0 Å². The van der Waals surface area contributed by atoms with Gasteiger partial charge in [-0.05, 0) is 36.4 Å². The molecule has 1 aliphatic heterocycles. The molecule has 7 nitrogen and oxygen atoms in total. The van der Waals surface area contributed by atoms with E-state index in [1.807, 2.05) is 13.8 Å². The zero-order chi connectivity index (χ0) is 19.1. The molecule has 0 spiro atoms. The Hall–Kier alpha value is -2.45. The summed E-state index contributed by atoms with van der Waals surface area (Å²) >= 11 is 0. The summed E-state index contributed by atoms with van der Waals surface area (Å²) in [6.07, 6.45) is 0. The number of hydrogen-bond acceptors (Lipinski definition) is 5. The zero-order valence-electron chi connectivity index (χ0n) is 15.0. The maximum atomic E-state index is 12.8. The molecule has 3 rings (SSSR count). The van der Waals surface area contributed by atoms with E-state index in [0.29, 0.717) is 29.3 Å². The van der Waals surface area contributed by atoms with E-state index in [0.717, 1.165) is 0 Å². The van der Waals surface area contributed by atoms with Crippen LogP contribution < -0.4 is 9.47 Å². The third-order valence-corrected chi connectivity index (χ3v) is 5.04. The number of carboxylic acids is 1. The summed E-state index contributed by atoms with van der Waals surface area (Å²) < 4.78 is 25.1. The van der Waals surface area contributed by atoms with Crippen molar-refractivity contribution in [2.75, 3.05) is 20.3 Å². The first-order valence-corrected chi connectivity index (χ1v) is 9.36. The van der Waals surface area contributed by atoms with E-state index in [1.54, 1.807) is 41.7 Å². The van der Waals surface area contributed by atoms with Crippen molar-refractivity contribution in [2.45, 2.75) is 25.3 Å². The number of ether oxygens (including phenoxy) is 2. The number of carboxylic acid groups (broad SMARTS) is 1. The number of pyridine rings is 1. The van der Waals surface area contributed by atoms with E-state index in [-0.39, 0.29) is 18.2 Å². The van der Waals surface area contributed by atoms with Gasteiger partial charge in [-0.25, -0.2) is 18.3 Å². The summed E-state index contributed by atoms with van der Waals surface area (Å²) in [5.74, 6) is -0.126. The number of rotatable bonds is 4. The molecule has 0 saturated heterocycles. The van der Waals surface area contributed by atoms with Crippen molar-refractivity contribution in [1.82, 2.24) is 9.29 Å². The Bertz CT molecular complexity index is 780. The van der Waals surface area contributed by atoms with Crippen molar-refractivity contribution in [3.63, 3.8) is 0 Å². The first-order chi connectivity index (χ1) is 12.6. The van der Waals surface area contributed by atoms with Crippen LogP contribution in [0.5, 0.6) is 11.6 Å². The molecule has 2 aromatic rings. The number of aromatic carboxylic acids is 1. The third kappa shape index (κ3) is 4.59. The molecule has 1 atom stereocenters. The molecule has 0 bridgehead atoms. The van der Waals surface area contributed by atoms with E-state index in [9.17, 15) is 9.00 Å². The molecule has 1 N–H and O–H groups in total. The number of aromatic nitrogens is 1. The smallest absolute Gasteiger partial charge is 0.354 e. The maximum Gasteiger partial charge on any atom is 0.354 e. The molecule has 2 heterocycles. The van der Waals surface area contributed by atoms with Gasteiger partial charge in [0.15, 0.2) is 5.69 Å². The van der Waals surface area contributed by atoms with Crippen LogP contribution in [0.2, 0.25) is 0 Å². The molecular formula is C18H22N2O5S. The lowest BCUT2D eigenvalue weighted by atomic mass is 10.2. The van der Waals surface area contributed by atoms with Gasteiger partial charge in [0.1, 0.15) is 23.3 Å². The van der Waals surface area contributed by atoms with Crippen molar-refractivity contribution in [3.8, 4) is 11.6 Å². The van der Waals surface area contributed by atoms with Crippen LogP contribution in [0.1, 0.15) is 29.9 Å². The van der Waals surface area contributed by atoms with E-state index in [4.69, 9.17) is 14.6 Å². The quantitative estimate of drug-likeness (QED) is 0.880. The second-order valence-electron chi connectivity index (χ2n) is 5.10. The van der Waals surface area contributed by atoms with Gasteiger partial charge >= 0.3 is 5.97 Å². The van der Waals surface area contributed by atoms with Gasteiger partial charge in [-0.1, -0.05) is 13.8 Å². The Morgan fingerprint density at radius 1 is 1.23 bits per heavy atom. The molecule has 1 aliphatic rings. The highest BCUT2D eigenvalue weighted by molar-refractivity contribution is 7.82. The predicted molar refractivity (Wildman–Crippen MR) is 97.9 cm³/mol. The summed E-state index contributed by atoms with van der Waals surface area (Å²) in [5, 5.41) is 9.00. The molecule has 1 aromatic heterocycles. The summed E-state index contributed by atoms with van der Waals surface area (Å²) in [6.45, 7) is 5.09. The lowest BCUT2D eigenvalue weighted by Gasteiger charge is -2.18. The second kappa shape index (κ2) is 9.30. The average molecular weight is 378 g/mol.